The highest BCUT2D eigenvalue weighted by atomic mass is 16.3. The maximum Gasteiger partial charge on any atom is 0.204 e. The second kappa shape index (κ2) is 5.58. The number of hydrogen-bond donors (Lipinski definition) is 1. The molecule has 0 saturated heterocycles. The number of hydrogen-bond acceptors (Lipinski definition) is 4. The molecule has 0 spiro atoms. The summed E-state index contributed by atoms with van der Waals surface area (Å²) in [6.45, 7) is 0. The molecule has 1 aliphatic rings. The van der Waals surface area contributed by atoms with Crippen molar-refractivity contribution in [3.8, 4) is 17.3 Å². The van der Waals surface area contributed by atoms with Crippen molar-refractivity contribution in [1.29, 1.82) is 5.26 Å². The van der Waals surface area contributed by atoms with Crippen LogP contribution in [0.5, 0.6) is 0 Å². The van der Waals surface area contributed by atoms with Gasteiger partial charge in [-0.3, -0.25) is 0 Å². The normalized spacial score (nSPS) is 16.2. The summed E-state index contributed by atoms with van der Waals surface area (Å²) in [6, 6.07) is 17.6. The molecular weight excluding hydrogens is 326 g/mol. The van der Waals surface area contributed by atoms with E-state index in [-0.39, 0.29) is 11.8 Å². The molecule has 3 heterocycles. The van der Waals surface area contributed by atoms with Gasteiger partial charge in [-0.15, -0.1) is 0 Å². The van der Waals surface area contributed by atoms with Crippen LogP contribution in [0.2, 0.25) is 0 Å². The number of aliphatic hydroxyl groups excluding tert-OH is 1. The van der Waals surface area contributed by atoms with Gasteiger partial charge in [0, 0.05) is 23.4 Å². The monoisotopic (exact) mass is 341 g/mol. The lowest BCUT2D eigenvalue weighted by molar-refractivity contribution is 0.154. The molecule has 4 aromatic rings. The smallest absolute Gasteiger partial charge is 0.204 e. The highest BCUT2D eigenvalue weighted by Crippen LogP contribution is 2.43. The molecule has 5 heteroatoms. The van der Waals surface area contributed by atoms with Crippen LogP contribution in [0.1, 0.15) is 35.5 Å². The minimum absolute atomic E-state index is 0.0495. The molecule has 2 atom stereocenters. The van der Waals surface area contributed by atoms with E-state index in [1.54, 1.807) is 12.1 Å². The Hall–Kier alpha value is -3.36. The summed E-state index contributed by atoms with van der Waals surface area (Å²) in [5.41, 5.74) is 4.93. The Labute approximate surface area is 149 Å². The van der Waals surface area contributed by atoms with Crippen LogP contribution in [0, 0.1) is 11.3 Å². The van der Waals surface area contributed by atoms with Crippen LogP contribution in [0.15, 0.2) is 65.5 Å². The van der Waals surface area contributed by atoms with Crippen LogP contribution in [0.25, 0.3) is 22.2 Å². The van der Waals surface area contributed by atoms with E-state index in [0.717, 1.165) is 16.6 Å². The van der Waals surface area contributed by atoms with E-state index in [1.165, 1.54) is 11.1 Å². The molecule has 1 aliphatic heterocycles. The van der Waals surface area contributed by atoms with Crippen LogP contribution < -0.4 is 0 Å². The van der Waals surface area contributed by atoms with Crippen LogP contribution in [0.3, 0.4) is 0 Å². The average molecular weight is 341 g/mol. The summed E-state index contributed by atoms with van der Waals surface area (Å²) in [7, 11) is 0. The van der Waals surface area contributed by atoms with Crippen molar-refractivity contribution in [2.75, 3.05) is 0 Å². The predicted octanol–water partition coefficient (Wildman–Crippen LogP) is 4.19. The number of imidazole rings is 1. The van der Waals surface area contributed by atoms with Crippen molar-refractivity contribution in [3.05, 3.63) is 77.9 Å². The van der Waals surface area contributed by atoms with Crippen molar-refractivity contribution in [1.82, 2.24) is 9.55 Å². The molecule has 0 bridgehead atoms. The molecule has 2 aromatic heterocycles. The van der Waals surface area contributed by atoms with Gasteiger partial charge in [0.25, 0.3) is 0 Å². The number of aliphatic hydroxyl groups is 1. The summed E-state index contributed by atoms with van der Waals surface area (Å²) >= 11 is 0. The minimum atomic E-state index is -0.633. The fraction of sp³-hybridized carbons (Fsp3) is 0.143. The lowest BCUT2D eigenvalue weighted by Crippen LogP contribution is -2.10. The highest BCUT2D eigenvalue weighted by Gasteiger charge is 2.30. The van der Waals surface area contributed by atoms with Crippen molar-refractivity contribution in [2.45, 2.75) is 18.6 Å². The Morgan fingerprint density at radius 3 is 3.00 bits per heavy atom. The molecule has 126 valence electrons. The van der Waals surface area contributed by atoms with Crippen molar-refractivity contribution in [3.63, 3.8) is 0 Å². The molecule has 1 N–H and O–H groups in total. The van der Waals surface area contributed by atoms with Gasteiger partial charge in [0.15, 0.2) is 0 Å². The number of benzene rings is 2. The average Bonchev–Trinajstić information content (AvgIpc) is 3.36. The zero-order chi connectivity index (χ0) is 17.7. The summed E-state index contributed by atoms with van der Waals surface area (Å²) in [5.74, 6) is 0.277. The second-order valence-corrected chi connectivity index (χ2v) is 6.56. The van der Waals surface area contributed by atoms with Gasteiger partial charge in [-0.05, 0) is 23.3 Å². The minimum Gasteiger partial charge on any atom is -0.446 e. The zero-order valence-electron chi connectivity index (χ0n) is 13.8. The number of nitriles is 1. The highest BCUT2D eigenvalue weighted by molar-refractivity contribution is 5.79. The van der Waals surface area contributed by atoms with E-state index in [0.29, 0.717) is 12.0 Å². The molecule has 0 fully saturated rings. The van der Waals surface area contributed by atoms with Gasteiger partial charge in [0.2, 0.25) is 5.76 Å². The van der Waals surface area contributed by atoms with Gasteiger partial charge in [-0.2, -0.15) is 5.26 Å². The third-order valence-electron chi connectivity index (χ3n) is 5.08. The Morgan fingerprint density at radius 2 is 2.12 bits per heavy atom. The summed E-state index contributed by atoms with van der Waals surface area (Å²) in [5, 5.41) is 20.7. The number of aromatic nitrogens is 2. The van der Waals surface area contributed by atoms with E-state index in [9.17, 15) is 5.11 Å². The topological polar surface area (TPSA) is 75.0 Å². The number of nitrogens with zero attached hydrogens (tertiary/aromatic N) is 3. The molecule has 2 unspecified atom stereocenters. The third kappa shape index (κ3) is 2.17. The van der Waals surface area contributed by atoms with Gasteiger partial charge in [-0.25, -0.2) is 4.98 Å². The van der Waals surface area contributed by atoms with E-state index in [2.05, 4.69) is 21.7 Å². The Kier molecular flexibility index (Phi) is 3.21. The second-order valence-electron chi connectivity index (χ2n) is 6.56. The lowest BCUT2D eigenvalue weighted by atomic mass is 9.95. The Morgan fingerprint density at radius 1 is 1.23 bits per heavy atom. The van der Waals surface area contributed by atoms with Crippen molar-refractivity contribution >= 4 is 11.0 Å². The van der Waals surface area contributed by atoms with E-state index in [4.69, 9.17) is 9.68 Å². The molecule has 0 radical (unpaired) electrons. The van der Waals surface area contributed by atoms with Gasteiger partial charge in [-0.1, -0.05) is 30.3 Å². The first-order valence-corrected chi connectivity index (χ1v) is 8.47. The maximum atomic E-state index is 10.9. The van der Waals surface area contributed by atoms with Gasteiger partial charge in [0.05, 0.1) is 30.4 Å². The van der Waals surface area contributed by atoms with E-state index < -0.39 is 6.10 Å². The first-order chi connectivity index (χ1) is 12.7. The van der Waals surface area contributed by atoms with Crippen LogP contribution >= 0.6 is 0 Å². The van der Waals surface area contributed by atoms with Crippen LogP contribution in [-0.4, -0.2) is 14.7 Å². The van der Waals surface area contributed by atoms with Crippen molar-refractivity contribution < 1.29 is 9.52 Å². The lowest BCUT2D eigenvalue weighted by Gasteiger charge is -2.19. The molecule has 0 saturated carbocycles. The summed E-state index contributed by atoms with van der Waals surface area (Å²) in [6.07, 6.45) is 3.61. The molecular formula is C21H15N3O2. The molecule has 2 aromatic carbocycles. The van der Waals surface area contributed by atoms with Crippen molar-refractivity contribution in [2.24, 2.45) is 0 Å². The van der Waals surface area contributed by atoms with E-state index in [1.807, 2.05) is 42.9 Å². The summed E-state index contributed by atoms with van der Waals surface area (Å²) in [4.78, 5) is 4.26. The van der Waals surface area contributed by atoms with E-state index >= 15 is 0 Å². The first-order valence-electron chi connectivity index (χ1n) is 8.47. The maximum absolute atomic E-state index is 10.9. The molecule has 0 aliphatic carbocycles. The van der Waals surface area contributed by atoms with Gasteiger partial charge < -0.3 is 14.1 Å². The van der Waals surface area contributed by atoms with Crippen LogP contribution in [-0.2, 0) is 0 Å². The fourth-order valence-corrected chi connectivity index (χ4v) is 3.84. The Bertz CT molecular complexity index is 1170. The quantitative estimate of drug-likeness (QED) is 0.606. The molecule has 5 rings (SSSR count). The van der Waals surface area contributed by atoms with Gasteiger partial charge >= 0.3 is 0 Å². The standard InChI is InChI=1S/C21H15N3O2/c22-10-15-8-14-7-13(5-6-21(14)26-15)20(25)9-18-16-3-1-2-4-17(16)19-11-23-12-24(18)19/h1-8,11-12,18,20,25H,9H2. The largest absolute Gasteiger partial charge is 0.446 e. The molecule has 5 nitrogen and oxygen atoms in total. The molecule has 26 heavy (non-hydrogen) atoms. The third-order valence-corrected chi connectivity index (χ3v) is 5.08. The van der Waals surface area contributed by atoms with Gasteiger partial charge in [0.1, 0.15) is 11.7 Å². The number of fused-ring (bicyclic) bond motifs is 4. The molecule has 0 amide bonds. The number of furan rings is 1. The SMILES string of the molecule is N#Cc1cc2cc(C(O)CC3c4ccccc4-c4cncn43)ccc2o1. The predicted molar refractivity (Wildman–Crippen MR) is 96.3 cm³/mol. The Balaban J connectivity index is 1.49. The fourth-order valence-electron chi connectivity index (χ4n) is 3.84. The summed E-state index contributed by atoms with van der Waals surface area (Å²) < 4.78 is 7.54. The zero-order valence-corrected chi connectivity index (χ0v) is 13.8. The van der Waals surface area contributed by atoms with Crippen LogP contribution in [0.4, 0.5) is 0 Å². The number of rotatable bonds is 3. The first kappa shape index (κ1) is 14.9.